The molecule has 0 aromatic heterocycles. The minimum atomic E-state index is -1.72. The van der Waals surface area contributed by atoms with Crippen molar-refractivity contribution in [3.05, 3.63) is 35.9 Å². The average molecular weight is 652 g/mol. The fraction of sp³-hybridized carbons (Fsp3) is 0.567. The smallest absolute Gasteiger partial charge is 0.328 e. The van der Waals surface area contributed by atoms with E-state index < -0.39 is 104 Å². The molecule has 5 amide bonds. The summed E-state index contributed by atoms with van der Waals surface area (Å²) >= 11 is 0. The van der Waals surface area contributed by atoms with Crippen molar-refractivity contribution < 1.29 is 54.0 Å². The number of rotatable bonds is 21. The van der Waals surface area contributed by atoms with Gasteiger partial charge in [0.15, 0.2) is 0 Å². The predicted octanol–water partition coefficient (Wildman–Crippen LogP) is -1.57. The fourth-order valence-electron chi connectivity index (χ4n) is 4.23. The van der Waals surface area contributed by atoms with Crippen molar-refractivity contribution in [2.24, 2.45) is 5.92 Å². The molecule has 9 N–H and O–H groups in total. The molecule has 0 saturated heterocycles. The van der Waals surface area contributed by atoms with Crippen molar-refractivity contribution in [3.63, 3.8) is 0 Å². The van der Waals surface area contributed by atoms with Gasteiger partial charge < -0.3 is 47.0 Å². The van der Waals surface area contributed by atoms with Crippen LogP contribution in [0.25, 0.3) is 0 Å². The van der Waals surface area contributed by atoms with Gasteiger partial charge >= 0.3 is 11.9 Å². The highest BCUT2D eigenvalue weighted by molar-refractivity contribution is 5.96. The van der Waals surface area contributed by atoms with Crippen LogP contribution in [-0.4, -0.2) is 105 Å². The molecule has 1 rings (SSSR count). The number of carboxylic acids is 2. The Morgan fingerprint density at radius 1 is 0.674 bits per heavy atom. The number of carbonyl (C=O) groups excluding carboxylic acids is 5. The van der Waals surface area contributed by atoms with Crippen LogP contribution in [0.4, 0.5) is 0 Å². The number of amides is 5. The normalized spacial score (nSPS) is 14.7. The number of hydrogen-bond donors (Lipinski definition) is 9. The largest absolute Gasteiger partial charge is 0.481 e. The van der Waals surface area contributed by atoms with Crippen molar-refractivity contribution in [3.8, 4) is 0 Å². The van der Waals surface area contributed by atoms with Crippen LogP contribution in [0.2, 0.25) is 0 Å². The Bertz CT molecular complexity index is 1200. The van der Waals surface area contributed by atoms with Gasteiger partial charge in [0.2, 0.25) is 29.5 Å². The summed E-state index contributed by atoms with van der Waals surface area (Å²) in [5, 5.41) is 49.3. The number of carboxylic acid groups (broad SMARTS) is 2. The Kier molecular flexibility index (Phi) is 17.5. The van der Waals surface area contributed by atoms with E-state index in [1.807, 2.05) is 5.32 Å². The molecule has 0 aliphatic heterocycles. The molecule has 6 atom stereocenters. The molecule has 16 nitrogen and oxygen atoms in total. The van der Waals surface area contributed by atoms with Gasteiger partial charge in [-0.15, -0.1) is 0 Å². The van der Waals surface area contributed by atoms with Crippen LogP contribution < -0.4 is 26.6 Å². The van der Waals surface area contributed by atoms with E-state index in [-0.39, 0.29) is 12.8 Å². The van der Waals surface area contributed by atoms with Crippen LogP contribution in [0, 0.1) is 5.92 Å². The number of carbonyl (C=O) groups is 7. The molecular weight excluding hydrogens is 606 g/mol. The predicted molar refractivity (Wildman–Crippen MR) is 163 cm³/mol. The maximum Gasteiger partial charge on any atom is 0.328 e. The molecule has 0 spiro atoms. The summed E-state index contributed by atoms with van der Waals surface area (Å²) in [7, 11) is 0. The van der Waals surface area contributed by atoms with Crippen molar-refractivity contribution in [2.45, 2.75) is 89.5 Å². The molecule has 0 aliphatic carbocycles. The standard InChI is InChI=1S/C30H45N5O11/c1-4-9-23(38)31-21(15-36)28(43)35-25(17(3)5-2)29(44)33-20(14-18-10-7-6-8-11-18)27(42)32-19(12-13-24(39)40)26(41)34-22(16-37)30(45)46/h6-8,10-11,17,19-22,25,36-37H,4-5,9,12-16H2,1-3H3,(H,31,38)(H,32,42)(H,33,44)(H,34,41)(H,35,43)(H,39,40)(H,45,46). The van der Waals surface area contributed by atoms with E-state index >= 15 is 0 Å². The first-order chi connectivity index (χ1) is 21.8. The summed E-state index contributed by atoms with van der Waals surface area (Å²) in [6.07, 6.45) is -0.0600. The fourth-order valence-corrected chi connectivity index (χ4v) is 4.23. The number of aliphatic hydroxyl groups excluding tert-OH is 2. The lowest BCUT2D eigenvalue weighted by Crippen LogP contribution is -2.60. The van der Waals surface area contributed by atoms with Gasteiger partial charge in [0, 0.05) is 19.3 Å². The molecule has 0 aliphatic rings. The van der Waals surface area contributed by atoms with Gasteiger partial charge in [0.05, 0.1) is 13.2 Å². The first kappa shape index (κ1) is 39.5. The highest BCUT2D eigenvalue weighted by atomic mass is 16.4. The number of hydrogen-bond acceptors (Lipinski definition) is 9. The first-order valence-electron chi connectivity index (χ1n) is 15.0. The van der Waals surface area contributed by atoms with Crippen LogP contribution in [0.5, 0.6) is 0 Å². The maximum atomic E-state index is 13.6. The molecule has 16 heteroatoms. The van der Waals surface area contributed by atoms with Gasteiger partial charge in [-0.2, -0.15) is 0 Å². The van der Waals surface area contributed by atoms with Crippen LogP contribution in [0.3, 0.4) is 0 Å². The number of nitrogens with one attached hydrogen (secondary N) is 5. The second kappa shape index (κ2) is 20.5. The number of aliphatic hydroxyl groups is 2. The lowest BCUT2D eigenvalue weighted by molar-refractivity contribution is -0.144. The SMILES string of the molecule is CCCC(=O)NC(CO)C(=O)NC(C(=O)NC(Cc1ccccc1)C(=O)NC(CCC(=O)O)C(=O)NC(CO)C(=O)O)C(C)CC. The van der Waals surface area contributed by atoms with Crippen molar-refractivity contribution in [2.75, 3.05) is 13.2 Å². The monoisotopic (exact) mass is 651 g/mol. The van der Waals surface area contributed by atoms with Gasteiger partial charge in [-0.25, -0.2) is 4.79 Å². The Hall–Kier alpha value is -4.57. The van der Waals surface area contributed by atoms with Crippen molar-refractivity contribution >= 4 is 41.5 Å². The second-order valence-corrected chi connectivity index (χ2v) is 10.8. The van der Waals surface area contributed by atoms with Gasteiger partial charge in [0.25, 0.3) is 0 Å². The van der Waals surface area contributed by atoms with Gasteiger partial charge in [0.1, 0.15) is 30.2 Å². The zero-order valence-corrected chi connectivity index (χ0v) is 26.2. The summed E-state index contributed by atoms with van der Waals surface area (Å²) in [6, 6.07) is 1.31. The first-order valence-corrected chi connectivity index (χ1v) is 15.0. The van der Waals surface area contributed by atoms with Gasteiger partial charge in [-0.3, -0.25) is 28.8 Å². The quantitative estimate of drug-likeness (QED) is 0.0734. The summed E-state index contributed by atoms with van der Waals surface area (Å²) in [4.78, 5) is 87.6. The van der Waals surface area contributed by atoms with E-state index in [2.05, 4.69) is 21.3 Å². The van der Waals surface area contributed by atoms with E-state index in [0.29, 0.717) is 18.4 Å². The molecule has 6 unspecified atom stereocenters. The second-order valence-electron chi connectivity index (χ2n) is 10.8. The van der Waals surface area contributed by atoms with Gasteiger partial charge in [-0.1, -0.05) is 57.5 Å². The highest BCUT2D eigenvalue weighted by Crippen LogP contribution is 2.11. The number of aliphatic carboxylic acids is 2. The van der Waals surface area contributed by atoms with E-state index in [1.165, 1.54) is 0 Å². The van der Waals surface area contributed by atoms with Crippen LogP contribution in [-0.2, 0) is 40.0 Å². The molecule has 0 fully saturated rings. The third-order valence-corrected chi connectivity index (χ3v) is 7.10. The zero-order chi connectivity index (χ0) is 34.8. The highest BCUT2D eigenvalue weighted by Gasteiger charge is 2.34. The minimum absolute atomic E-state index is 0.0897. The number of benzene rings is 1. The maximum absolute atomic E-state index is 13.6. The van der Waals surface area contributed by atoms with E-state index in [1.54, 1.807) is 51.1 Å². The summed E-state index contributed by atoms with van der Waals surface area (Å²) < 4.78 is 0. The molecular formula is C30H45N5O11. The molecule has 46 heavy (non-hydrogen) atoms. The lowest BCUT2D eigenvalue weighted by atomic mass is 9.96. The third-order valence-electron chi connectivity index (χ3n) is 7.10. The zero-order valence-electron chi connectivity index (χ0n) is 26.2. The molecule has 1 aromatic carbocycles. The Labute approximate surface area is 266 Å². The topological polar surface area (TPSA) is 261 Å². The third kappa shape index (κ3) is 13.6. The molecule has 0 heterocycles. The Morgan fingerprint density at radius 3 is 1.74 bits per heavy atom. The average Bonchev–Trinajstić information content (AvgIpc) is 3.02. The molecule has 256 valence electrons. The lowest BCUT2D eigenvalue weighted by Gasteiger charge is -2.29. The van der Waals surface area contributed by atoms with E-state index in [9.17, 15) is 48.9 Å². The van der Waals surface area contributed by atoms with Crippen LogP contribution in [0.15, 0.2) is 30.3 Å². The minimum Gasteiger partial charge on any atom is -0.481 e. The molecule has 0 saturated carbocycles. The van der Waals surface area contributed by atoms with E-state index in [0.717, 1.165) is 0 Å². The summed E-state index contributed by atoms with van der Waals surface area (Å²) in [6.45, 7) is 3.51. The molecule has 0 radical (unpaired) electrons. The molecule has 0 bridgehead atoms. The van der Waals surface area contributed by atoms with Crippen LogP contribution in [0.1, 0.15) is 58.4 Å². The summed E-state index contributed by atoms with van der Waals surface area (Å²) in [5.41, 5.74) is 0.601. The van der Waals surface area contributed by atoms with Gasteiger partial charge in [-0.05, 0) is 24.3 Å². The van der Waals surface area contributed by atoms with Crippen molar-refractivity contribution in [1.29, 1.82) is 0 Å². The van der Waals surface area contributed by atoms with Crippen molar-refractivity contribution in [1.82, 2.24) is 26.6 Å². The Morgan fingerprint density at radius 2 is 1.22 bits per heavy atom. The Balaban J connectivity index is 3.31. The van der Waals surface area contributed by atoms with E-state index in [4.69, 9.17) is 5.11 Å². The molecule has 1 aromatic rings. The van der Waals surface area contributed by atoms with Crippen LogP contribution >= 0.6 is 0 Å². The summed E-state index contributed by atoms with van der Waals surface area (Å²) in [5.74, 6) is -7.37.